The molecule has 0 radical (unpaired) electrons. The lowest BCUT2D eigenvalue weighted by Crippen LogP contribution is -2.22. The second kappa shape index (κ2) is 9.29. The molecule has 0 spiro atoms. The minimum absolute atomic E-state index is 0.576. The van der Waals surface area contributed by atoms with Crippen LogP contribution in [0.4, 0.5) is 0 Å². The van der Waals surface area contributed by atoms with E-state index in [-0.39, 0.29) is 0 Å². The van der Waals surface area contributed by atoms with E-state index in [1.54, 1.807) is 17.5 Å². The zero-order valence-corrected chi connectivity index (χ0v) is 17.2. The van der Waals surface area contributed by atoms with E-state index in [2.05, 4.69) is 44.5 Å². The van der Waals surface area contributed by atoms with Gasteiger partial charge in [0.15, 0.2) is 0 Å². The van der Waals surface area contributed by atoms with Crippen LogP contribution in [0.1, 0.15) is 35.8 Å². The maximum atomic E-state index is 4.72. The Kier molecular flexibility index (Phi) is 7.09. The van der Waals surface area contributed by atoms with Crippen molar-refractivity contribution in [3.05, 3.63) is 63.6 Å². The summed E-state index contributed by atoms with van der Waals surface area (Å²) in [6.07, 6.45) is 12.9. The molecular weight excluding hydrogens is 342 g/mol. The Morgan fingerprint density at radius 1 is 1.31 bits per heavy atom. The summed E-state index contributed by atoms with van der Waals surface area (Å²) in [7, 11) is 4.07. The zero-order valence-electron chi connectivity index (χ0n) is 16.4. The number of nitrogens with one attached hydrogen (secondary N) is 1. The topological polar surface area (TPSA) is 52.9 Å². The molecule has 1 aliphatic carbocycles. The number of rotatable bonds is 4. The van der Waals surface area contributed by atoms with Gasteiger partial charge in [0.05, 0.1) is 21.3 Å². The maximum Gasteiger partial charge on any atom is 0.227 e. The van der Waals surface area contributed by atoms with E-state index in [0.29, 0.717) is 5.96 Å². The van der Waals surface area contributed by atoms with E-state index < -0.39 is 0 Å². The number of aryl methyl sites for hydroxylation is 2. The molecule has 138 valence electrons. The number of hydrogen-bond acceptors (Lipinski definition) is 4. The van der Waals surface area contributed by atoms with Gasteiger partial charge in [-0.05, 0) is 45.9 Å². The monoisotopic (exact) mass is 369 g/mol. The molecule has 0 aromatic carbocycles. The van der Waals surface area contributed by atoms with Gasteiger partial charge >= 0.3 is 0 Å². The Hall–Kier alpha value is -2.47. The van der Waals surface area contributed by atoms with Gasteiger partial charge in [0.25, 0.3) is 0 Å². The van der Waals surface area contributed by atoms with Crippen LogP contribution >= 0.6 is 11.3 Å². The van der Waals surface area contributed by atoms with E-state index >= 15 is 0 Å². The number of hydrogen-bond donors (Lipinski definition) is 1. The van der Waals surface area contributed by atoms with Gasteiger partial charge in [-0.15, -0.1) is 11.3 Å². The van der Waals surface area contributed by atoms with Crippen molar-refractivity contribution in [1.29, 1.82) is 0 Å². The number of aliphatic imine (C=N–C) groups is 2. The molecule has 0 aliphatic heterocycles. The fourth-order valence-electron chi connectivity index (χ4n) is 2.46. The Bertz CT molecular complexity index is 819. The van der Waals surface area contributed by atoms with E-state index in [4.69, 9.17) is 4.99 Å². The minimum atomic E-state index is 0.576. The molecule has 1 aliphatic rings. The lowest BCUT2D eigenvalue weighted by atomic mass is 10.3. The number of guanidine groups is 1. The first-order chi connectivity index (χ1) is 12.4. The van der Waals surface area contributed by atoms with Crippen molar-refractivity contribution in [2.24, 2.45) is 9.98 Å². The summed E-state index contributed by atoms with van der Waals surface area (Å²) in [6, 6.07) is 0. The summed E-state index contributed by atoms with van der Waals surface area (Å²) in [5.74, 6) is 0.576. The summed E-state index contributed by atoms with van der Waals surface area (Å²) < 4.78 is 0. The normalized spacial score (nSPS) is 15.8. The van der Waals surface area contributed by atoms with Crippen LogP contribution < -0.4 is 5.32 Å². The smallest absolute Gasteiger partial charge is 0.227 e. The molecule has 1 aromatic rings. The van der Waals surface area contributed by atoms with E-state index in [1.165, 1.54) is 0 Å². The Morgan fingerprint density at radius 2 is 2.08 bits per heavy atom. The summed E-state index contributed by atoms with van der Waals surface area (Å²) in [4.78, 5) is 16.8. The van der Waals surface area contributed by atoms with Crippen molar-refractivity contribution in [1.82, 2.24) is 15.2 Å². The van der Waals surface area contributed by atoms with E-state index in [1.807, 2.05) is 47.9 Å². The minimum Gasteiger partial charge on any atom is -0.378 e. The fourth-order valence-corrected chi connectivity index (χ4v) is 3.33. The molecule has 0 atom stereocenters. The van der Waals surface area contributed by atoms with Crippen molar-refractivity contribution < 1.29 is 0 Å². The molecule has 0 saturated carbocycles. The standard InChI is InChI=1S/C20H27N5S/c1-7-13-21-20(23-15(3)19-14(2)22-16(4)26-19)24-17-9-8-10-18(12-11-17)25(5)6/h7-8,10-13H,9H2,1-6H3,(H,21,24)/b13-7-,23-15+. The molecule has 1 aromatic heterocycles. The molecule has 5 nitrogen and oxygen atoms in total. The number of likely N-dealkylation sites (N-methyl/N-ethyl adjacent to an activating group) is 1. The lowest BCUT2D eigenvalue weighted by molar-refractivity contribution is 0.530. The molecule has 0 saturated heterocycles. The molecule has 1 heterocycles. The number of thiazole rings is 1. The van der Waals surface area contributed by atoms with E-state index in [0.717, 1.165) is 39.1 Å². The average Bonchev–Trinajstić information content (AvgIpc) is 2.79. The van der Waals surface area contributed by atoms with Crippen molar-refractivity contribution >= 4 is 23.0 Å². The van der Waals surface area contributed by atoms with Crippen LogP contribution in [0.15, 0.2) is 58.0 Å². The third-order valence-electron chi connectivity index (χ3n) is 3.72. The second-order valence-electron chi connectivity index (χ2n) is 6.19. The maximum absolute atomic E-state index is 4.72. The van der Waals surface area contributed by atoms with Crippen LogP contribution in [-0.2, 0) is 0 Å². The van der Waals surface area contributed by atoms with Gasteiger partial charge in [0.2, 0.25) is 5.96 Å². The Morgan fingerprint density at radius 3 is 2.69 bits per heavy atom. The third kappa shape index (κ3) is 5.52. The highest BCUT2D eigenvalue weighted by atomic mass is 32.1. The zero-order chi connectivity index (χ0) is 19.1. The first-order valence-corrected chi connectivity index (χ1v) is 9.42. The van der Waals surface area contributed by atoms with Crippen molar-refractivity contribution in [3.63, 3.8) is 0 Å². The summed E-state index contributed by atoms with van der Waals surface area (Å²) in [6.45, 7) is 7.96. The quantitative estimate of drug-likeness (QED) is 0.634. The number of allylic oxidation sites excluding steroid dienone is 5. The van der Waals surface area contributed by atoms with Crippen molar-refractivity contribution in [2.45, 2.75) is 34.1 Å². The molecule has 1 N–H and O–H groups in total. The largest absolute Gasteiger partial charge is 0.378 e. The van der Waals surface area contributed by atoms with Gasteiger partial charge in [0, 0.05) is 38.1 Å². The predicted molar refractivity (Wildman–Crippen MR) is 113 cm³/mol. The van der Waals surface area contributed by atoms with Gasteiger partial charge in [-0.1, -0.05) is 12.2 Å². The molecule has 26 heavy (non-hydrogen) atoms. The Balaban J connectivity index is 2.27. The molecule has 0 bridgehead atoms. The highest BCUT2D eigenvalue weighted by molar-refractivity contribution is 7.13. The summed E-state index contributed by atoms with van der Waals surface area (Å²) >= 11 is 1.66. The lowest BCUT2D eigenvalue weighted by Gasteiger charge is -2.11. The van der Waals surface area contributed by atoms with Gasteiger partial charge in [-0.2, -0.15) is 0 Å². The van der Waals surface area contributed by atoms with Gasteiger partial charge in [-0.25, -0.2) is 15.0 Å². The summed E-state index contributed by atoms with van der Waals surface area (Å²) in [5.41, 5.74) is 4.13. The van der Waals surface area contributed by atoms with Crippen molar-refractivity contribution in [3.8, 4) is 0 Å². The molecule has 0 fully saturated rings. The highest BCUT2D eigenvalue weighted by Gasteiger charge is 2.10. The number of aromatic nitrogens is 1. The van der Waals surface area contributed by atoms with Crippen LogP contribution in [0.5, 0.6) is 0 Å². The highest BCUT2D eigenvalue weighted by Crippen LogP contribution is 2.18. The van der Waals surface area contributed by atoms with Crippen LogP contribution in [-0.4, -0.2) is 35.7 Å². The van der Waals surface area contributed by atoms with Crippen LogP contribution in [0.3, 0.4) is 0 Å². The Labute approximate surface area is 160 Å². The van der Waals surface area contributed by atoms with Gasteiger partial charge < -0.3 is 10.2 Å². The predicted octanol–water partition coefficient (Wildman–Crippen LogP) is 4.34. The first kappa shape index (κ1) is 19.8. The second-order valence-corrected chi connectivity index (χ2v) is 7.39. The van der Waals surface area contributed by atoms with Crippen LogP contribution in [0, 0.1) is 13.8 Å². The van der Waals surface area contributed by atoms with Crippen molar-refractivity contribution in [2.75, 3.05) is 14.1 Å². The average molecular weight is 370 g/mol. The van der Waals surface area contributed by atoms with Gasteiger partial charge in [-0.3, -0.25) is 0 Å². The molecule has 6 heteroatoms. The molecule has 2 rings (SSSR count). The SMILES string of the molecule is C\C=C/N=C(\N=C(/C)c1sc(C)nc1C)NC1=CC=C(N(C)C)C=CC1. The number of nitrogens with zero attached hydrogens (tertiary/aromatic N) is 4. The molecular formula is C20H27N5S. The fraction of sp³-hybridized carbons (Fsp3) is 0.350. The third-order valence-corrected chi connectivity index (χ3v) is 4.90. The summed E-state index contributed by atoms with van der Waals surface area (Å²) in [5, 5.41) is 4.41. The van der Waals surface area contributed by atoms with Crippen LogP contribution in [0.2, 0.25) is 0 Å². The molecule has 0 unspecified atom stereocenters. The van der Waals surface area contributed by atoms with Crippen LogP contribution in [0.25, 0.3) is 0 Å². The first-order valence-electron chi connectivity index (χ1n) is 8.61. The molecule has 0 amide bonds. The van der Waals surface area contributed by atoms with E-state index in [9.17, 15) is 0 Å². The van der Waals surface area contributed by atoms with Gasteiger partial charge in [0.1, 0.15) is 0 Å².